The fraction of sp³-hybridized carbons (Fsp3) is 0.643. The number of anilines is 1. The molecule has 104 valence electrons. The van der Waals surface area contributed by atoms with Gasteiger partial charge in [0.05, 0.1) is 0 Å². The standard InChI is InChI=1S/C14H21N3O2/c1-2-4-11-5-3-9-17(10-6-11)13-12(14(18)19)15-7-8-16-13/h7-8,11H,2-6,9-10H2,1H3,(H,18,19). The number of aromatic carboxylic acids is 1. The number of aromatic nitrogens is 2. The largest absolute Gasteiger partial charge is 0.476 e. The average Bonchev–Trinajstić information content (AvgIpc) is 2.65. The van der Waals surface area contributed by atoms with E-state index in [9.17, 15) is 9.90 Å². The molecule has 1 aromatic rings. The Balaban J connectivity index is 2.12. The van der Waals surface area contributed by atoms with Crippen molar-refractivity contribution in [2.75, 3.05) is 18.0 Å². The van der Waals surface area contributed by atoms with Crippen molar-refractivity contribution < 1.29 is 9.90 Å². The Labute approximate surface area is 113 Å². The second-order valence-electron chi connectivity index (χ2n) is 5.11. The summed E-state index contributed by atoms with van der Waals surface area (Å²) in [7, 11) is 0. The monoisotopic (exact) mass is 263 g/mol. The lowest BCUT2D eigenvalue weighted by Crippen LogP contribution is -2.27. The fourth-order valence-corrected chi connectivity index (χ4v) is 2.79. The summed E-state index contributed by atoms with van der Waals surface area (Å²) in [6.45, 7) is 3.97. The molecule has 0 spiro atoms. The van der Waals surface area contributed by atoms with Crippen molar-refractivity contribution in [1.29, 1.82) is 0 Å². The molecule has 0 aliphatic carbocycles. The third-order valence-electron chi connectivity index (χ3n) is 3.73. The number of rotatable bonds is 4. The van der Waals surface area contributed by atoms with Gasteiger partial charge in [0, 0.05) is 25.5 Å². The Morgan fingerprint density at radius 1 is 1.37 bits per heavy atom. The number of carboxylic acids is 1. The normalized spacial score (nSPS) is 20.1. The van der Waals surface area contributed by atoms with Gasteiger partial charge in [-0.2, -0.15) is 0 Å². The molecule has 19 heavy (non-hydrogen) atoms. The van der Waals surface area contributed by atoms with Crippen LogP contribution in [-0.4, -0.2) is 34.1 Å². The van der Waals surface area contributed by atoms with Crippen molar-refractivity contribution in [3.63, 3.8) is 0 Å². The van der Waals surface area contributed by atoms with E-state index in [1.807, 2.05) is 0 Å². The molecule has 0 aromatic carbocycles. The van der Waals surface area contributed by atoms with Crippen LogP contribution in [0.15, 0.2) is 12.4 Å². The van der Waals surface area contributed by atoms with Crippen LogP contribution in [0.1, 0.15) is 49.5 Å². The molecule has 5 nitrogen and oxygen atoms in total. The molecule has 1 N–H and O–H groups in total. The number of hydrogen-bond donors (Lipinski definition) is 1. The highest BCUT2D eigenvalue weighted by molar-refractivity contribution is 5.90. The van der Waals surface area contributed by atoms with E-state index in [1.165, 1.54) is 25.5 Å². The SMILES string of the molecule is CCCC1CCCN(c2nccnc2C(=O)O)CC1. The molecule has 1 aliphatic rings. The fourth-order valence-electron chi connectivity index (χ4n) is 2.79. The van der Waals surface area contributed by atoms with Crippen molar-refractivity contribution in [1.82, 2.24) is 9.97 Å². The summed E-state index contributed by atoms with van der Waals surface area (Å²) in [6.07, 6.45) is 8.92. The molecule has 1 saturated heterocycles. The van der Waals surface area contributed by atoms with Gasteiger partial charge in [0.15, 0.2) is 11.5 Å². The molecule has 1 unspecified atom stereocenters. The van der Waals surface area contributed by atoms with Crippen LogP contribution in [0.5, 0.6) is 0 Å². The quantitative estimate of drug-likeness (QED) is 0.904. The smallest absolute Gasteiger partial charge is 0.358 e. The second-order valence-corrected chi connectivity index (χ2v) is 5.11. The molecule has 2 heterocycles. The Bertz CT molecular complexity index is 436. The zero-order chi connectivity index (χ0) is 13.7. The number of carboxylic acid groups (broad SMARTS) is 1. The van der Waals surface area contributed by atoms with Crippen LogP contribution in [0, 0.1) is 5.92 Å². The highest BCUT2D eigenvalue weighted by atomic mass is 16.4. The van der Waals surface area contributed by atoms with Crippen LogP contribution in [0.3, 0.4) is 0 Å². The molecule has 0 radical (unpaired) electrons. The first-order chi connectivity index (χ1) is 9.22. The second kappa shape index (κ2) is 6.50. The van der Waals surface area contributed by atoms with Crippen molar-refractivity contribution in [3.05, 3.63) is 18.1 Å². The molecule has 1 atom stereocenters. The van der Waals surface area contributed by atoms with Crippen molar-refractivity contribution in [3.8, 4) is 0 Å². The van der Waals surface area contributed by atoms with Gasteiger partial charge in [-0.25, -0.2) is 14.8 Å². The van der Waals surface area contributed by atoms with Crippen LogP contribution < -0.4 is 4.90 Å². The third kappa shape index (κ3) is 3.43. The summed E-state index contributed by atoms with van der Waals surface area (Å²) in [4.78, 5) is 21.4. The minimum absolute atomic E-state index is 0.0661. The molecule has 1 fully saturated rings. The van der Waals surface area contributed by atoms with Gasteiger partial charge in [0.25, 0.3) is 0 Å². The average molecular weight is 263 g/mol. The maximum atomic E-state index is 11.2. The van der Waals surface area contributed by atoms with Gasteiger partial charge in [-0.15, -0.1) is 0 Å². The molecule has 0 amide bonds. The first kappa shape index (κ1) is 13.8. The van der Waals surface area contributed by atoms with Gasteiger partial charge < -0.3 is 10.0 Å². The van der Waals surface area contributed by atoms with Gasteiger partial charge in [0.2, 0.25) is 0 Å². The lowest BCUT2D eigenvalue weighted by molar-refractivity contribution is 0.0690. The Hall–Kier alpha value is -1.65. The Morgan fingerprint density at radius 3 is 2.89 bits per heavy atom. The van der Waals surface area contributed by atoms with Crippen molar-refractivity contribution in [2.24, 2.45) is 5.92 Å². The molecule has 2 rings (SSSR count). The Morgan fingerprint density at radius 2 is 2.16 bits per heavy atom. The zero-order valence-electron chi connectivity index (χ0n) is 11.4. The summed E-state index contributed by atoms with van der Waals surface area (Å²) >= 11 is 0. The molecule has 1 aliphatic heterocycles. The number of hydrogen-bond acceptors (Lipinski definition) is 4. The van der Waals surface area contributed by atoms with E-state index in [1.54, 1.807) is 6.20 Å². The van der Waals surface area contributed by atoms with Crippen LogP contribution in [0.25, 0.3) is 0 Å². The molecular formula is C14H21N3O2. The topological polar surface area (TPSA) is 66.3 Å². The van der Waals surface area contributed by atoms with E-state index in [2.05, 4.69) is 21.8 Å². The molecule has 0 bridgehead atoms. The van der Waals surface area contributed by atoms with Crippen molar-refractivity contribution in [2.45, 2.75) is 39.0 Å². The van der Waals surface area contributed by atoms with Gasteiger partial charge in [-0.1, -0.05) is 19.8 Å². The van der Waals surface area contributed by atoms with Crippen LogP contribution in [0.2, 0.25) is 0 Å². The van der Waals surface area contributed by atoms with Gasteiger partial charge in [-0.3, -0.25) is 0 Å². The molecule has 0 saturated carbocycles. The van der Waals surface area contributed by atoms with E-state index in [4.69, 9.17) is 0 Å². The van der Waals surface area contributed by atoms with Gasteiger partial charge in [0.1, 0.15) is 0 Å². The lowest BCUT2D eigenvalue weighted by atomic mass is 9.96. The minimum atomic E-state index is -1.00. The highest BCUT2D eigenvalue weighted by Gasteiger charge is 2.22. The van der Waals surface area contributed by atoms with Crippen LogP contribution in [-0.2, 0) is 0 Å². The third-order valence-corrected chi connectivity index (χ3v) is 3.73. The van der Waals surface area contributed by atoms with E-state index >= 15 is 0 Å². The minimum Gasteiger partial charge on any atom is -0.476 e. The predicted octanol–water partition coefficient (Wildman–Crippen LogP) is 2.58. The van der Waals surface area contributed by atoms with E-state index in [0.29, 0.717) is 5.82 Å². The van der Waals surface area contributed by atoms with E-state index in [-0.39, 0.29) is 5.69 Å². The Kier molecular flexibility index (Phi) is 4.71. The lowest BCUT2D eigenvalue weighted by Gasteiger charge is -2.22. The van der Waals surface area contributed by atoms with Crippen LogP contribution in [0.4, 0.5) is 5.82 Å². The van der Waals surface area contributed by atoms with E-state index in [0.717, 1.165) is 31.8 Å². The van der Waals surface area contributed by atoms with Gasteiger partial charge in [-0.05, 0) is 25.2 Å². The highest BCUT2D eigenvalue weighted by Crippen LogP contribution is 2.25. The number of carbonyl (C=O) groups is 1. The summed E-state index contributed by atoms with van der Waals surface area (Å²) in [5.41, 5.74) is 0.0661. The summed E-state index contributed by atoms with van der Waals surface area (Å²) < 4.78 is 0. The summed E-state index contributed by atoms with van der Waals surface area (Å²) in [5, 5.41) is 9.17. The maximum Gasteiger partial charge on any atom is 0.358 e. The van der Waals surface area contributed by atoms with Crippen LogP contribution >= 0.6 is 0 Å². The molecule has 1 aromatic heterocycles. The van der Waals surface area contributed by atoms with E-state index < -0.39 is 5.97 Å². The maximum absolute atomic E-state index is 11.2. The van der Waals surface area contributed by atoms with Gasteiger partial charge >= 0.3 is 5.97 Å². The predicted molar refractivity (Wildman–Crippen MR) is 73.5 cm³/mol. The zero-order valence-corrected chi connectivity index (χ0v) is 11.4. The van der Waals surface area contributed by atoms with Crippen molar-refractivity contribution >= 4 is 11.8 Å². The summed E-state index contributed by atoms with van der Waals surface area (Å²) in [6, 6.07) is 0. The number of nitrogens with zero attached hydrogens (tertiary/aromatic N) is 3. The molecule has 5 heteroatoms. The summed E-state index contributed by atoms with van der Waals surface area (Å²) in [5.74, 6) is 0.282. The molecular weight excluding hydrogens is 242 g/mol. The first-order valence-corrected chi connectivity index (χ1v) is 7.01. The first-order valence-electron chi connectivity index (χ1n) is 7.01.